The van der Waals surface area contributed by atoms with Crippen LogP contribution < -0.4 is 10.6 Å². The smallest absolute Gasteiger partial charge is 0.191 e. The molecule has 0 aromatic heterocycles. The highest BCUT2D eigenvalue weighted by Gasteiger charge is 2.21. The normalized spacial score (nSPS) is 17.3. The topological polar surface area (TPSA) is 36.4 Å². The van der Waals surface area contributed by atoms with E-state index in [2.05, 4.69) is 21.5 Å². The highest BCUT2D eigenvalue weighted by atomic mass is 15.2. The van der Waals surface area contributed by atoms with Crippen molar-refractivity contribution in [3.05, 3.63) is 0 Å². The monoisotopic (exact) mass is 151 g/mol. The average molecular weight is 151 g/mol. The number of terminal acetylenes is 1. The molecule has 0 heterocycles. The standard InChI is InChI=1S/C8H13N3/c1-3-6-10-8(9-2)11-7-4-5-7/h1,7H,4-6H2,2H3,(H2,9,10,11). The van der Waals surface area contributed by atoms with Crippen molar-refractivity contribution in [2.24, 2.45) is 4.99 Å². The van der Waals surface area contributed by atoms with Crippen molar-refractivity contribution in [2.75, 3.05) is 13.6 Å². The molecule has 0 atom stereocenters. The van der Waals surface area contributed by atoms with Gasteiger partial charge in [-0.2, -0.15) is 0 Å². The van der Waals surface area contributed by atoms with Crippen LogP contribution in [-0.4, -0.2) is 25.6 Å². The van der Waals surface area contributed by atoms with Crippen molar-refractivity contribution in [1.82, 2.24) is 10.6 Å². The quantitative estimate of drug-likeness (QED) is 0.330. The van der Waals surface area contributed by atoms with Crippen molar-refractivity contribution in [1.29, 1.82) is 0 Å². The Morgan fingerprint density at radius 2 is 2.45 bits per heavy atom. The van der Waals surface area contributed by atoms with Gasteiger partial charge in [0.1, 0.15) is 0 Å². The minimum absolute atomic E-state index is 0.534. The Hall–Kier alpha value is -1.17. The van der Waals surface area contributed by atoms with E-state index in [1.807, 2.05) is 0 Å². The van der Waals surface area contributed by atoms with E-state index in [1.165, 1.54) is 12.8 Å². The van der Waals surface area contributed by atoms with Crippen LogP contribution in [0.2, 0.25) is 0 Å². The fourth-order valence-corrected chi connectivity index (χ4v) is 0.750. The van der Waals surface area contributed by atoms with Gasteiger partial charge in [0.2, 0.25) is 0 Å². The van der Waals surface area contributed by atoms with E-state index in [4.69, 9.17) is 6.42 Å². The Morgan fingerprint density at radius 1 is 1.73 bits per heavy atom. The summed E-state index contributed by atoms with van der Waals surface area (Å²) in [6.45, 7) is 0.534. The molecule has 3 heteroatoms. The molecule has 1 rings (SSSR count). The number of nitrogens with zero attached hydrogens (tertiary/aromatic N) is 1. The molecule has 60 valence electrons. The highest BCUT2D eigenvalue weighted by Crippen LogP contribution is 2.18. The van der Waals surface area contributed by atoms with Gasteiger partial charge in [0.15, 0.2) is 5.96 Å². The molecule has 0 aromatic rings. The van der Waals surface area contributed by atoms with E-state index < -0.39 is 0 Å². The second-order valence-electron chi connectivity index (χ2n) is 2.55. The SMILES string of the molecule is C#CCNC(=NC)NC1CC1. The third kappa shape index (κ3) is 2.94. The van der Waals surface area contributed by atoms with E-state index in [9.17, 15) is 0 Å². The molecule has 0 radical (unpaired) electrons. The van der Waals surface area contributed by atoms with Crippen LogP contribution in [0, 0.1) is 12.3 Å². The lowest BCUT2D eigenvalue weighted by molar-refractivity contribution is 0.846. The maximum atomic E-state index is 5.08. The lowest BCUT2D eigenvalue weighted by atomic mass is 10.6. The number of aliphatic imine (C=N–C) groups is 1. The van der Waals surface area contributed by atoms with Crippen LogP contribution in [-0.2, 0) is 0 Å². The number of hydrogen-bond donors (Lipinski definition) is 2. The largest absolute Gasteiger partial charge is 0.354 e. The van der Waals surface area contributed by atoms with Crippen molar-refractivity contribution in [3.63, 3.8) is 0 Å². The van der Waals surface area contributed by atoms with Crippen molar-refractivity contribution in [2.45, 2.75) is 18.9 Å². The summed E-state index contributed by atoms with van der Waals surface area (Å²) in [6.07, 6.45) is 7.58. The molecule has 11 heavy (non-hydrogen) atoms. The Bertz CT molecular complexity index is 186. The minimum atomic E-state index is 0.534. The van der Waals surface area contributed by atoms with Crippen molar-refractivity contribution >= 4 is 5.96 Å². The molecule has 3 nitrogen and oxygen atoms in total. The zero-order valence-electron chi connectivity index (χ0n) is 6.72. The van der Waals surface area contributed by atoms with E-state index in [-0.39, 0.29) is 0 Å². The summed E-state index contributed by atoms with van der Waals surface area (Å²) < 4.78 is 0. The van der Waals surface area contributed by atoms with Gasteiger partial charge in [-0.3, -0.25) is 4.99 Å². The van der Waals surface area contributed by atoms with Gasteiger partial charge in [-0.1, -0.05) is 5.92 Å². The Kier molecular flexibility index (Phi) is 2.79. The molecule has 1 aliphatic carbocycles. The summed E-state index contributed by atoms with van der Waals surface area (Å²) in [6, 6.07) is 0.624. The van der Waals surface area contributed by atoms with Crippen molar-refractivity contribution in [3.8, 4) is 12.3 Å². The molecule has 2 N–H and O–H groups in total. The third-order valence-corrected chi connectivity index (χ3v) is 1.50. The molecule has 0 bridgehead atoms. The van der Waals surface area contributed by atoms with Gasteiger partial charge in [-0.05, 0) is 12.8 Å². The minimum Gasteiger partial charge on any atom is -0.354 e. The van der Waals surface area contributed by atoms with Gasteiger partial charge in [-0.25, -0.2) is 0 Å². The zero-order chi connectivity index (χ0) is 8.10. The average Bonchev–Trinajstić information content (AvgIpc) is 2.81. The molecule has 1 saturated carbocycles. The Balaban J connectivity index is 2.20. The summed E-state index contributed by atoms with van der Waals surface area (Å²) in [5, 5.41) is 6.21. The van der Waals surface area contributed by atoms with E-state index in [0.29, 0.717) is 12.6 Å². The van der Waals surface area contributed by atoms with E-state index in [0.717, 1.165) is 5.96 Å². The summed E-state index contributed by atoms with van der Waals surface area (Å²) in [5.41, 5.74) is 0. The zero-order valence-corrected chi connectivity index (χ0v) is 6.72. The van der Waals surface area contributed by atoms with Gasteiger partial charge in [0, 0.05) is 13.1 Å². The van der Waals surface area contributed by atoms with Crippen LogP contribution in [0.4, 0.5) is 0 Å². The maximum absolute atomic E-state index is 5.08. The first-order chi connectivity index (χ1) is 5.36. The molecule has 0 saturated heterocycles. The molecular weight excluding hydrogens is 138 g/mol. The number of nitrogens with one attached hydrogen (secondary N) is 2. The summed E-state index contributed by atoms with van der Waals surface area (Å²) in [5.74, 6) is 3.30. The number of guanidine groups is 1. The fourth-order valence-electron chi connectivity index (χ4n) is 0.750. The third-order valence-electron chi connectivity index (χ3n) is 1.50. The highest BCUT2D eigenvalue weighted by molar-refractivity contribution is 5.80. The Labute approximate surface area is 67.3 Å². The molecule has 0 unspecified atom stereocenters. The number of rotatable bonds is 2. The molecule has 0 aliphatic heterocycles. The van der Waals surface area contributed by atoms with Crippen molar-refractivity contribution < 1.29 is 0 Å². The number of hydrogen-bond acceptors (Lipinski definition) is 1. The van der Waals surface area contributed by atoms with Crippen LogP contribution in [0.15, 0.2) is 4.99 Å². The first-order valence-electron chi connectivity index (χ1n) is 3.77. The maximum Gasteiger partial charge on any atom is 0.191 e. The molecule has 0 spiro atoms. The van der Waals surface area contributed by atoms with Gasteiger partial charge in [-0.15, -0.1) is 6.42 Å². The van der Waals surface area contributed by atoms with Crippen LogP contribution in [0.1, 0.15) is 12.8 Å². The van der Waals surface area contributed by atoms with Gasteiger partial charge >= 0.3 is 0 Å². The molecule has 1 aliphatic rings. The molecule has 0 amide bonds. The predicted octanol–water partition coefficient (Wildman–Crippen LogP) is -0.0530. The fraction of sp³-hybridized carbons (Fsp3) is 0.625. The summed E-state index contributed by atoms with van der Waals surface area (Å²) >= 11 is 0. The summed E-state index contributed by atoms with van der Waals surface area (Å²) in [4.78, 5) is 4.00. The molecule has 0 aromatic carbocycles. The molecular formula is C8H13N3. The van der Waals surface area contributed by atoms with Crippen LogP contribution in [0.3, 0.4) is 0 Å². The first-order valence-corrected chi connectivity index (χ1v) is 3.77. The van der Waals surface area contributed by atoms with Crippen LogP contribution in [0.25, 0.3) is 0 Å². The molecule has 1 fully saturated rings. The summed E-state index contributed by atoms with van der Waals surface area (Å²) in [7, 11) is 1.74. The van der Waals surface area contributed by atoms with Crippen LogP contribution in [0.5, 0.6) is 0 Å². The first kappa shape index (κ1) is 7.93. The second-order valence-corrected chi connectivity index (χ2v) is 2.55. The Morgan fingerprint density at radius 3 is 2.91 bits per heavy atom. The second kappa shape index (κ2) is 3.87. The lowest BCUT2D eigenvalue weighted by Crippen LogP contribution is -2.38. The van der Waals surface area contributed by atoms with Gasteiger partial charge in [0.05, 0.1) is 6.54 Å². The van der Waals surface area contributed by atoms with E-state index in [1.54, 1.807) is 7.05 Å². The van der Waals surface area contributed by atoms with Gasteiger partial charge in [0.25, 0.3) is 0 Å². The predicted molar refractivity (Wildman–Crippen MR) is 46.4 cm³/mol. The van der Waals surface area contributed by atoms with Crippen LogP contribution >= 0.6 is 0 Å². The lowest BCUT2D eigenvalue weighted by Gasteiger charge is -2.07. The van der Waals surface area contributed by atoms with Gasteiger partial charge < -0.3 is 10.6 Å². The van der Waals surface area contributed by atoms with E-state index >= 15 is 0 Å².